The molecule has 0 bridgehead atoms. The third kappa shape index (κ3) is 3.89. The number of aryl methyl sites for hydroxylation is 1. The van der Waals surface area contributed by atoms with Gasteiger partial charge in [0.15, 0.2) is 0 Å². The summed E-state index contributed by atoms with van der Waals surface area (Å²) in [6.07, 6.45) is 0.851. The van der Waals surface area contributed by atoms with Crippen LogP contribution in [-0.4, -0.2) is 6.04 Å². The first-order valence-corrected chi connectivity index (χ1v) is 7.19. The molecule has 106 valence electrons. The van der Waals surface area contributed by atoms with Gasteiger partial charge in [-0.1, -0.05) is 29.3 Å². The summed E-state index contributed by atoms with van der Waals surface area (Å²) in [6, 6.07) is 11.2. The van der Waals surface area contributed by atoms with E-state index in [1.165, 1.54) is 5.56 Å². The molecule has 0 saturated heterocycles. The lowest BCUT2D eigenvalue weighted by atomic mass is 10.0. The quantitative estimate of drug-likeness (QED) is 0.864. The minimum atomic E-state index is 0.142. The van der Waals surface area contributed by atoms with Gasteiger partial charge < -0.3 is 10.5 Å². The Labute approximate surface area is 129 Å². The van der Waals surface area contributed by atoms with Crippen LogP contribution >= 0.6 is 23.2 Å². The average molecular weight is 310 g/mol. The Kier molecular flexibility index (Phi) is 4.92. The molecule has 0 heterocycles. The van der Waals surface area contributed by atoms with Crippen molar-refractivity contribution in [3.8, 4) is 11.5 Å². The molecule has 4 heteroatoms. The van der Waals surface area contributed by atoms with Gasteiger partial charge in [0.25, 0.3) is 0 Å². The van der Waals surface area contributed by atoms with E-state index in [2.05, 4.69) is 0 Å². The maximum absolute atomic E-state index is 6.09. The maximum Gasteiger partial charge on any atom is 0.147 e. The van der Waals surface area contributed by atoms with Crippen molar-refractivity contribution < 1.29 is 4.74 Å². The Morgan fingerprint density at radius 3 is 2.55 bits per heavy atom. The van der Waals surface area contributed by atoms with Crippen LogP contribution < -0.4 is 10.5 Å². The molecular weight excluding hydrogens is 293 g/mol. The lowest BCUT2D eigenvalue weighted by Crippen LogP contribution is -2.18. The minimum absolute atomic E-state index is 0.142. The second-order valence-corrected chi connectivity index (χ2v) is 5.79. The van der Waals surface area contributed by atoms with Gasteiger partial charge in [-0.3, -0.25) is 0 Å². The van der Waals surface area contributed by atoms with Crippen LogP contribution in [0.15, 0.2) is 36.4 Å². The Balaban J connectivity index is 2.22. The molecule has 2 rings (SSSR count). The summed E-state index contributed by atoms with van der Waals surface area (Å²) in [7, 11) is 0. The number of hydrogen-bond donors (Lipinski definition) is 1. The van der Waals surface area contributed by atoms with Gasteiger partial charge >= 0.3 is 0 Å². The molecule has 0 amide bonds. The molecule has 2 N–H and O–H groups in total. The maximum atomic E-state index is 6.09. The molecule has 0 aromatic heterocycles. The van der Waals surface area contributed by atoms with Crippen LogP contribution in [0.4, 0.5) is 0 Å². The molecule has 2 aromatic carbocycles. The number of halogens is 2. The van der Waals surface area contributed by atoms with Gasteiger partial charge in [-0.25, -0.2) is 0 Å². The van der Waals surface area contributed by atoms with Gasteiger partial charge in [-0.2, -0.15) is 0 Å². The van der Waals surface area contributed by atoms with E-state index in [-0.39, 0.29) is 6.04 Å². The molecule has 0 saturated carbocycles. The molecule has 0 aliphatic carbocycles. The van der Waals surface area contributed by atoms with Crippen LogP contribution in [0.3, 0.4) is 0 Å². The van der Waals surface area contributed by atoms with E-state index >= 15 is 0 Å². The fraction of sp³-hybridized carbons (Fsp3) is 0.250. The van der Waals surface area contributed by atoms with Crippen LogP contribution in [0.1, 0.15) is 18.1 Å². The summed E-state index contributed by atoms with van der Waals surface area (Å²) in [5, 5.41) is 1.13. The third-order valence-electron chi connectivity index (χ3n) is 2.98. The van der Waals surface area contributed by atoms with Gasteiger partial charge in [0.05, 0.1) is 5.02 Å². The fourth-order valence-corrected chi connectivity index (χ4v) is 2.31. The van der Waals surface area contributed by atoms with Crippen LogP contribution in [0, 0.1) is 6.92 Å². The molecule has 2 nitrogen and oxygen atoms in total. The monoisotopic (exact) mass is 309 g/mol. The molecule has 0 spiro atoms. The molecule has 1 unspecified atom stereocenters. The Hall–Kier alpha value is -1.22. The molecule has 20 heavy (non-hydrogen) atoms. The summed E-state index contributed by atoms with van der Waals surface area (Å²) >= 11 is 12.0. The van der Waals surface area contributed by atoms with Crippen LogP contribution in [0.5, 0.6) is 11.5 Å². The van der Waals surface area contributed by atoms with Crippen LogP contribution in [0.25, 0.3) is 0 Å². The molecule has 1 atom stereocenters. The third-order valence-corrected chi connectivity index (χ3v) is 3.52. The summed E-state index contributed by atoms with van der Waals surface area (Å²) in [4.78, 5) is 0. The van der Waals surface area contributed by atoms with E-state index in [9.17, 15) is 0 Å². The zero-order valence-corrected chi connectivity index (χ0v) is 13.0. The Morgan fingerprint density at radius 2 is 1.90 bits per heavy atom. The van der Waals surface area contributed by atoms with Crippen LogP contribution in [0.2, 0.25) is 10.0 Å². The van der Waals surface area contributed by atoms with Gasteiger partial charge in [-0.05, 0) is 55.7 Å². The predicted molar refractivity (Wildman–Crippen MR) is 85.1 cm³/mol. The number of benzene rings is 2. The summed E-state index contributed by atoms with van der Waals surface area (Å²) in [5.41, 5.74) is 8.21. The highest BCUT2D eigenvalue weighted by Gasteiger charge is 2.07. The second-order valence-electron chi connectivity index (χ2n) is 4.95. The molecule has 2 aromatic rings. The smallest absolute Gasteiger partial charge is 0.147 e. The van der Waals surface area contributed by atoms with Crippen molar-refractivity contribution >= 4 is 23.2 Å². The SMILES string of the molecule is Cc1cc(Oc2cc(Cl)ccc2Cl)ccc1CC(C)N. The van der Waals surface area contributed by atoms with Crippen molar-refractivity contribution in [3.05, 3.63) is 57.6 Å². The fourth-order valence-electron chi connectivity index (χ4n) is 1.99. The standard InChI is InChI=1S/C16H17Cl2NO/c1-10-7-14(5-3-12(10)8-11(2)19)20-16-9-13(17)4-6-15(16)18/h3-7,9,11H,8,19H2,1-2H3. The molecule has 0 aliphatic rings. The van der Waals surface area contributed by atoms with Gasteiger partial charge in [-0.15, -0.1) is 0 Å². The summed E-state index contributed by atoms with van der Waals surface area (Å²) in [5.74, 6) is 1.29. The predicted octanol–water partition coefficient (Wildman–Crippen LogP) is 4.98. The van der Waals surface area contributed by atoms with E-state index in [0.717, 1.165) is 17.7 Å². The summed E-state index contributed by atoms with van der Waals surface area (Å²) < 4.78 is 5.78. The Morgan fingerprint density at radius 1 is 1.15 bits per heavy atom. The highest BCUT2D eigenvalue weighted by Crippen LogP contribution is 2.32. The summed E-state index contributed by atoms with van der Waals surface area (Å²) in [6.45, 7) is 4.04. The topological polar surface area (TPSA) is 35.2 Å². The van der Waals surface area contributed by atoms with Crippen molar-refractivity contribution in [3.63, 3.8) is 0 Å². The first-order valence-electron chi connectivity index (χ1n) is 6.43. The van der Waals surface area contributed by atoms with E-state index in [4.69, 9.17) is 33.7 Å². The minimum Gasteiger partial charge on any atom is -0.456 e. The highest BCUT2D eigenvalue weighted by atomic mass is 35.5. The second kappa shape index (κ2) is 6.49. The molecular formula is C16H17Cl2NO. The average Bonchev–Trinajstić information content (AvgIpc) is 2.37. The van der Waals surface area contributed by atoms with Gasteiger partial charge in [0.2, 0.25) is 0 Å². The zero-order valence-electron chi connectivity index (χ0n) is 11.5. The van der Waals surface area contributed by atoms with E-state index < -0.39 is 0 Å². The van der Waals surface area contributed by atoms with Crippen molar-refractivity contribution in [1.29, 1.82) is 0 Å². The Bertz CT molecular complexity index is 611. The number of hydrogen-bond acceptors (Lipinski definition) is 2. The van der Waals surface area contributed by atoms with Crippen molar-refractivity contribution in [1.82, 2.24) is 0 Å². The van der Waals surface area contributed by atoms with Crippen LogP contribution in [-0.2, 0) is 6.42 Å². The van der Waals surface area contributed by atoms with E-state index in [1.54, 1.807) is 18.2 Å². The number of ether oxygens (including phenoxy) is 1. The highest BCUT2D eigenvalue weighted by molar-refractivity contribution is 6.34. The first-order chi connectivity index (χ1) is 9.45. The zero-order chi connectivity index (χ0) is 14.7. The first kappa shape index (κ1) is 15.2. The largest absolute Gasteiger partial charge is 0.456 e. The number of nitrogens with two attached hydrogens (primary N) is 1. The van der Waals surface area contributed by atoms with E-state index in [1.807, 2.05) is 32.0 Å². The normalized spacial score (nSPS) is 12.2. The van der Waals surface area contributed by atoms with Gasteiger partial charge in [0.1, 0.15) is 11.5 Å². The van der Waals surface area contributed by atoms with Crippen molar-refractivity contribution in [2.45, 2.75) is 26.3 Å². The molecule has 0 aliphatic heterocycles. The van der Waals surface area contributed by atoms with Crippen molar-refractivity contribution in [2.75, 3.05) is 0 Å². The van der Waals surface area contributed by atoms with E-state index in [0.29, 0.717) is 15.8 Å². The number of rotatable bonds is 4. The lowest BCUT2D eigenvalue weighted by molar-refractivity contribution is 0.482. The van der Waals surface area contributed by atoms with Gasteiger partial charge in [0, 0.05) is 17.1 Å². The molecule has 0 radical (unpaired) electrons. The lowest BCUT2D eigenvalue weighted by Gasteiger charge is -2.12. The van der Waals surface area contributed by atoms with Crippen molar-refractivity contribution in [2.24, 2.45) is 5.73 Å². The molecule has 0 fully saturated rings.